The van der Waals surface area contributed by atoms with Crippen LogP contribution in [0, 0.1) is 0 Å². The minimum Gasteiger partial charge on any atom is -0.445 e. The Morgan fingerprint density at radius 3 is 2.94 bits per heavy atom. The highest BCUT2D eigenvalue weighted by molar-refractivity contribution is 5.68. The monoisotopic (exact) mass is 235 g/mol. The van der Waals surface area contributed by atoms with Crippen LogP contribution in [0.5, 0.6) is 0 Å². The summed E-state index contributed by atoms with van der Waals surface area (Å²) in [7, 11) is 0. The lowest BCUT2D eigenvalue weighted by molar-refractivity contribution is 0.106. The fourth-order valence-corrected chi connectivity index (χ4v) is 1.91. The number of hydrogen-bond acceptors (Lipinski definition) is 3. The first-order valence-corrected chi connectivity index (χ1v) is 5.75. The van der Waals surface area contributed by atoms with Gasteiger partial charge in [-0.15, -0.1) is 0 Å². The molecule has 0 saturated carbocycles. The van der Waals surface area contributed by atoms with Crippen molar-refractivity contribution in [3.8, 4) is 0 Å². The van der Waals surface area contributed by atoms with Crippen LogP contribution in [0.4, 0.5) is 4.79 Å². The van der Waals surface area contributed by atoms with E-state index in [0.717, 1.165) is 12.0 Å². The largest absolute Gasteiger partial charge is 0.445 e. The molecular weight excluding hydrogens is 218 g/mol. The highest BCUT2D eigenvalue weighted by atomic mass is 16.6. The number of likely N-dealkylation sites (tertiary alicyclic amines) is 1. The van der Waals surface area contributed by atoms with E-state index in [4.69, 9.17) is 9.47 Å². The molecule has 2 unspecified atom stereocenters. The predicted molar refractivity (Wildman–Crippen MR) is 64.7 cm³/mol. The van der Waals surface area contributed by atoms with E-state index >= 15 is 0 Å². The van der Waals surface area contributed by atoms with E-state index in [1.165, 1.54) is 0 Å². The van der Waals surface area contributed by atoms with E-state index in [1.807, 2.05) is 0 Å². The number of hydrogen-bond donors (Lipinski definition) is 0. The van der Waals surface area contributed by atoms with Gasteiger partial charge in [-0.1, -0.05) is 31.4 Å². The van der Waals surface area contributed by atoms with Crippen LogP contribution < -0.4 is 0 Å². The molecule has 2 atom stereocenters. The minimum absolute atomic E-state index is 0.235. The number of carbonyl (C=O) groups excluding carboxylic acids is 1. The molecule has 4 heteroatoms. The van der Waals surface area contributed by atoms with E-state index in [9.17, 15) is 4.79 Å². The van der Waals surface area contributed by atoms with Crippen LogP contribution in [-0.4, -0.2) is 42.9 Å². The zero-order chi connectivity index (χ0) is 12.3. The molecule has 0 spiro atoms. The third-order valence-corrected chi connectivity index (χ3v) is 2.99. The Kier molecular flexibility index (Phi) is 3.64. The summed E-state index contributed by atoms with van der Waals surface area (Å²) in [5, 5.41) is 0. The SMILES string of the molecule is C=C/C=C(\C=C)COC(=O)N1CCC2OC2C1. The van der Waals surface area contributed by atoms with Crippen molar-refractivity contribution in [3.63, 3.8) is 0 Å². The number of rotatable bonds is 4. The standard InChI is InChI=1S/C13H17NO3/c1-3-5-10(4-2)9-16-13(15)14-7-6-11-12(8-14)17-11/h3-5,11-12H,1-2,6-9H2/b10-5+. The zero-order valence-electron chi connectivity index (χ0n) is 9.80. The third kappa shape index (κ3) is 2.97. The maximum absolute atomic E-state index is 11.7. The molecule has 0 aliphatic carbocycles. The molecule has 2 heterocycles. The molecule has 0 radical (unpaired) electrons. The van der Waals surface area contributed by atoms with E-state index in [2.05, 4.69) is 13.2 Å². The molecule has 0 bridgehead atoms. The van der Waals surface area contributed by atoms with Gasteiger partial charge in [-0.3, -0.25) is 0 Å². The maximum atomic E-state index is 11.7. The first-order chi connectivity index (χ1) is 8.24. The molecule has 0 aromatic heterocycles. The lowest BCUT2D eigenvalue weighted by atomic mass is 10.1. The van der Waals surface area contributed by atoms with Gasteiger partial charge in [0.1, 0.15) is 12.7 Å². The molecule has 2 fully saturated rings. The van der Waals surface area contributed by atoms with Crippen molar-refractivity contribution >= 4 is 6.09 Å². The van der Waals surface area contributed by atoms with Crippen LogP contribution in [0.25, 0.3) is 0 Å². The summed E-state index contributed by atoms with van der Waals surface area (Å²) >= 11 is 0. The van der Waals surface area contributed by atoms with Crippen LogP contribution in [0.3, 0.4) is 0 Å². The van der Waals surface area contributed by atoms with Crippen molar-refractivity contribution < 1.29 is 14.3 Å². The first kappa shape index (κ1) is 11.9. The smallest absolute Gasteiger partial charge is 0.410 e. The Morgan fingerprint density at radius 2 is 2.29 bits per heavy atom. The average Bonchev–Trinajstić information content (AvgIpc) is 3.12. The second-order valence-corrected chi connectivity index (χ2v) is 4.18. The average molecular weight is 235 g/mol. The molecule has 2 aliphatic heterocycles. The maximum Gasteiger partial charge on any atom is 0.410 e. The lowest BCUT2D eigenvalue weighted by Gasteiger charge is -2.23. The topological polar surface area (TPSA) is 42.1 Å². The molecule has 0 aromatic rings. The zero-order valence-corrected chi connectivity index (χ0v) is 9.80. The molecule has 2 aliphatic rings. The van der Waals surface area contributed by atoms with Crippen molar-refractivity contribution in [2.75, 3.05) is 19.7 Å². The normalized spacial score (nSPS) is 27.1. The Hall–Kier alpha value is -1.55. The van der Waals surface area contributed by atoms with Crippen molar-refractivity contribution in [1.82, 2.24) is 4.90 Å². The molecule has 17 heavy (non-hydrogen) atoms. The molecule has 0 N–H and O–H groups in total. The molecule has 2 rings (SSSR count). The van der Waals surface area contributed by atoms with E-state index in [1.54, 1.807) is 23.1 Å². The summed E-state index contributed by atoms with van der Waals surface area (Å²) in [4.78, 5) is 13.4. The number of allylic oxidation sites excluding steroid dienone is 2. The van der Waals surface area contributed by atoms with Crippen LogP contribution in [0.2, 0.25) is 0 Å². The summed E-state index contributed by atoms with van der Waals surface area (Å²) in [6.45, 7) is 8.84. The van der Waals surface area contributed by atoms with Crippen molar-refractivity contribution in [1.29, 1.82) is 0 Å². The highest BCUT2D eigenvalue weighted by Gasteiger charge is 2.44. The summed E-state index contributed by atoms with van der Waals surface area (Å²) in [6, 6.07) is 0. The number of piperidine rings is 1. The van der Waals surface area contributed by atoms with Gasteiger partial charge < -0.3 is 14.4 Å². The number of nitrogens with zero attached hydrogens (tertiary/aromatic N) is 1. The van der Waals surface area contributed by atoms with Crippen molar-refractivity contribution in [2.24, 2.45) is 0 Å². The molecule has 2 saturated heterocycles. The Balaban J connectivity index is 1.78. The van der Waals surface area contributed by atoms with Gasteiger partial charge in [0.15, 0.2) is 0 Å². The van der Waals surface area contributed by atoms with Gasteiger partial charge in [0.05, 0.1) is 12.6 Å². The van der Waals surface area contributed by atoms with Gasteiger partial charge in [0.25, 0.3) is 0 Å². The number of ether oxygens (including phenoxy) is 2. The van der Waals surface area contributed by atoms with Crippen LogP contribution >= 0.6 is 0 Å². The van der Waals surface area contributed by atoms with Gasteiger partial charge in [-0.25, -0.2) is 4.79 Å². The minimum atomic E-state index is -0.282. The fourth-order valence-electron chi connectivity index (χ4n) is 1.91. The van der Waals surface area contributed by atoms with E-state index < -0.39 is 0 Å². The molecular formula is C13H17NO3. The number of amides is 1. The molecule has 0 aromatic carbocycles. The second-order valence-electron chi connectivity index (χ2n) is 4.18. The Morgan fingerprint density at radius 1 is 1.47 bits per heavy atom. The van der Waals surface area contributed by atoms with Gasteiger partial charge in [-0.05, 0) is 12.0 Å². The number of epoxide rings is 1. The van der Waals surface area contributed by atoms with Gasteiger partial charge in [0, 0.05) is 6.54 Å². The van der Waals surface area contributed by atoms with Gasteiger partial charge >= 0.3 is 6.09 Å². The van der Waals surface area contributed by atoms with Gasteiger partial charge in [0.2, 0.25) is 0 Å². The fraction of sp³-hybridized carbons (Fsp3) is 0.462. The number of carbonyl (C=O) groups is 1. The third-order valence-electron chi connectivity index (χ3n) is 2.99. The van der Waals surface area contributed by atoms with Crippen LogP contribution in [0.1, 0.15) is 6.42 Å². The highest BCUT2D eigenvalue weighted by Crippen LogP contribution is 2.30. The molecule has 1 amide bonds. The van der Waals surface area contributed by atoms with Gasteiger partial charge in [-0.2, -0.15) is 0 Å². The van der Waals surface area contributed by atoms with Crippen LogP contribution in [0.15, 0.2) is 37.0 Å². The van der Waals surface area contributed by atoms with E-state index in [-0.39, 0.29) is 18.8 Å². The van der Waals surface area contributed by atoms with Crippen LogP contribution in [-0.2, 0) is 9.47 Å². The molecule has 4 nitrogen and oxygen atoms in total. The quantitative estimate of drug-likeness (QED) is 0.552. The second kappa shape index (κ2) is 5.19. The molecule has 92 valence electrons. The predicted octanol–water partition coefficient (Wildman–Crippen LogP) is 1.89. The van der Waals surface area contributed by atoms with E-state index in [0.29, 0.717) is 19.2 Å². The Bertz CT molecular complexity index is 362. The van der Waals surface area contributed by atoms with Crippen molar-refractivity contribution in [2.45, 2.75) is 18.6 Å². The summed E-state index contributed by atoms with van der Waals surface area (Å²) in [5.41, 5.74) is 0.839. The Labute approximate surface area is 101 Å². The first-order valence-electron chi connectivity index (χ1n) is 5.75. The lowest BCUT2D eigenvalue weighted by Crippen LogP contribution is -2.39. The summed E-state index contributed by atoms with van der Waals surface area (Å²) in [6.07, 6.45) is 6.32. The van der Waals surface area contributed by atoms with Crippen molar-refractivity contribution in [3.05, 3.63) is 37.0 Å². The summed E-state index contributed by atoms with van der Waals surface area (Å²) in [5.74, 6) is 0. The summed E-state index contributed by atoms with van der Waals surface area (Å²) < 4.78 is 10.6. The number of fused-ring (bicyclic) bond motifs is 1.